The van der Waals surface area contributed by atoms with Gasteiger partial charge in [-0.15, -0.1) is 0 Å². The summed E-state index contributed by atoms with van der Waals surface area (Å²) in [6, 6.07) is 11.9. The SMILES string of the molecule is CCOc1ccccc1OCCC(=O)OCc1cc(=O)oc2cc(C)c(Cl)cc12. The molecule has 0 unspecified atom stereocenters. The van der Waals surface area contributed by atoms with E-state index in [2.05, 4.69) is 0 Å². The zero-order chi connectivity index (χ0) is 20.8. The maximum atomic E-state index is 12.1. The Morgan fingerprint density at radius 3 is 2.55 bits per heavy atom. The summed E-state index contributed by atoms with van der Waals surface area (Å²) in [6.45, 7) is 4.31. The summed E-state index contributed by atoms with van der Waals surface area (Å²) in [5.74, 6) is 0.746. The number of esters is 1. The number of rotatable bonds is 8. The highest BCUT2D eigenvalue weighted by Gasteiger charge is 2.12. The monoisotopic (exact) mass is 416 g/mol. The minimum Gasteiger partial charge on any atom is -0.490 e. The second-order valence-corrected chi connectivity index (χ2v) is 6.73. The van der Waals surface area contributed by atoms with Crippen LogP contribution in [0.15, 0.2) is 51.7 Å². The minimum atomic E-state index is -0.513. The predicted octanol–water partition coefficient (Wildman–Crippen LogP) is 4.67. The van der Waals surface area contributed by atoms with Gasteiger partial charge in [-0.3, -0.25) is 4.79 Å². The van der Waals surface area contributed by atoms with E-state index in [1.807, 2.05) is 26.0 Å². The molecule has 0 N–H and O–H groups in total. The van der Waals surface area contributed by atoms with Crippen LogP contribution in [0.25, 0.3) is 11.0 Å². The summed E-state index contributed by atoms with van der Waals surface area (Å²) in [4.78, 5) is 23.9. The van der Waals surface area contributed by atoms with Crippen LogP contribution < -0.4 is 15.1 Å². The average molecular weight is 417 g/mol. The molecule has 3 aromatic rings. The molecule has 0 saturated heterocycles. The van der Waals surface area contributed by atoms with Gasteiger partial charge < -0.3 is 18.6 Å². The molecule has 1 aromatic heterocycles. The lowest BCUT2D eigenvalue weighted by atomic mass is 10.1. The Bertz CT molecular complexity index is 1070. The molecule has 0 radical (unpaired) electrons. The number of carbonyl (C=O) groups is 1. The van der Waals surface area contributed by atoms with E-state index in [-0.39, 0.29) is 19.6 Å². The molecule has 0 aliphatic rings. The van der Waals surface area contributed by atoms with Crippen molar-refractivity contribution in [2.75, 3.05) is 13.2 Å². The van der Waals surface area contributed by atoms with Crippen LogP contribution in [0.3, 0.4) is 0 Å². The van der Waals surface area contributed by atoms with E-state index in [1.165, 1.54) is 6.07 Å². The Kier molecular flexibility index (Phi) is 6.77. The molecule has 0 bridgehead atoms. The number of carbonyl (C=O) groups excluding carboxylic acids is 1. The number of para-hydroxylation sites is 2. The topological polar surface area (TPSA) is 75.0 Å². The van der Waals surface area contributed by atoms with Gasteiger partial charge in [0.2, 0.25) is 0 Å². The maximum absolute atomic E-state index is 12.1. The summed E-state index contributed by atoms with van der Waals surface area (Å²) in [6.07, 6.45) is 0.0553. The zero-order valence-electron chi connectivity index (χ0n) is 16.2. The fraction of sp³-hybridized carbons (Fsp3) is 0.273. The normalized spacial score (nSPS) is 10.7. The molecule has 29 heavy (non-hydrogen) atoms. The number of fused-ring (bicyclic) bond motifs is 1. The van der Waals surface area contributed by atoms with Crippen LogP contribution in [0.2, 0.25) is 5.02 Å². The first-order valence-corrected chi connectivity index (χ1v) is 9.59. The van der Waals surface area contributed by atoms with Crippen molar-refractivity contribution in [3.8, 4) is 11.5 Å². The molecule has 0 aliphatic carbocycles. The molecule has 0 saturated carbocycles. The molecule has 0 atom stereocenters. The molecule has 152 valence electrons. The molecule has 0 fully saturated rings. The number of benzene rings is 2. The zero-order valence-corrected chi connectivity index (χ0v) is 17.0. The summed E-state index contributed by atoms with van der Waals surface area (Å²) < 4.78 is 21.6. The third-order valence-corrected chi connectivity index (χ3v) is 4.62. The van der Waals surface area contributed by atoms with Crippen LogP contribution in [0.5, 0.6) is 11.5 Å². The Morgan fingerprint density at radius 1 is 1.10 bits per heavy atom. The summed E-state index contributed by atoms with van der Waals surface area (Å²) in [5, 5.41) is 1.18. The smallest absolute Gasteiger partial charge is 0.336 e. The van der Waals surface area contributed by atoms with Crippen molar-refractivity contribution in [1.82, 2.24) is 0 Å². The lowest BCUT2D eigenvalue weighted by Crippen LogP contribution is -2.11. The number of hydrogen-bond donors (Lipinski definition) is 0. The first-order chi connectivity index (χ1) is 14.0. The third-order valence-electron chi connectivity index (χ3n) is 4.21. The molecule has 0 amide bonds. The van der Waals surface area contributed by atoms with Crippen molar-refractivity contribution >= 4 is 28.5 Å². The molecule has 0 aliphatic heterocycles. The van der Waals surface area contributed by atoms with Gasteiger partial charge in [0, 0.05) is 22.0 Å². The number of halogens is 1. The van der Waals surface area contributed by atoms with Crippen LogP contribution in [-0.4, -0.2) is 19.2 Å². The Balaban J connectivity index is 1.60. The highest BCUT2D eigenvalue weighted by atomic mass is 35.5. The second-order valence-electron chi connectivity index (χ2n) is 6.33. The summed E-state index contributed by atoms with van der Waals surface area (Å²) in [5.41, 5.74) is 1.22. The summed E-state index contributed by atoms with van der Waals surface area (Å²) in [7, 11) is 0. The van der Waals surface area contributed by atoms with E-state index in [0.717, 1.165) is 5.56 Å². The van der Waals surface area contributed by atoms with Gasteiger partial charge in [-0.2, -0.15) is 0 Å². The lowest BCUT2D eigenvalue weighted by molar-refractivity contribution is -0.145. The maximum Gasteiger partial charge on any atom is 0.336 e. The van der Waals surface area contributed by atoms with Crippen LogP contribution in [0.1, 0.15) is 24.5 Å². The molecule has 1 heterocycles. The van der Waals surface area contributed by atoms with E-state index in [9.17, 15) is 9.59 Å². The van der Waals surface area contributed by atoms with Crippen molar-refractivity contribution in [2.24, 2.45) is 0 Å². The standard InChI is InChI=1S/C22H21ClO6/c1-3-26-18-6-4-5-7-19(18)27-9-8-21(24)28-13-15-11-22(25)29-20-10-14(2)17(23)12-16(15)20/h4-7,10-12H,3,8-9,13H2,1-2H3. The van der Waals surface area contributed by atoms with Crippen molar-refractivity contribution < 1.29 is 23.4 Å². The van der Waals surface area contributed by atoms with Crippen molar-refractivity contribution in [2.45, 2.75) is 26.9 Å². The van der Waals surface area contributed by atoms with E-state index in [0.29, 0.717) is 39.7 Å². The number of ether oxygens (including phenoxy) is 3. The third kappa shape index (κ3) is 5.29. The van der Waals surface area contributed by atoms with Gasteiger partial charge in [-0.05, 0) is 43.7 Å². The molecule has 2 aromatic carbocycles. The Hall–Kier alpha value is -2.99. The minimum absolute atomic E-state index is 0.0553. The fourth-order valence-electron chi connectivity index (χ4n) is 2.79. The highest BCUT2D eigenvalue weighted by molar-refractivity contribution is 6.32. The molecule has 0 spiro atoms. The first kappa shape index (κ1) is 20.7. The van der Waals surface area contributed by atoms with E-state index in [1.54, 1.807) is 24.3 Å². The molecule has 7 heteroatoms. The van der Waals surface area contributed by atoms with Crippen LogP contribution in [0.4, 0.5) is 0 Å². The van der Waals surface area contributed by atoms with Gasteiger partial charge in [0.15, 0.2) is 11.5 Å². The predicted molar refractivity (Wildman–Crippen MR) is 110 cm³/mol. The highest BCUT2D eigenvalue weighted by Crippen LogP contribution is 2.27. The van der Waals surface area contributed by atoms with Crippen LogP contribution in [0, 0.1) is 6.92 Å². The van der Waals surface area contributed by atoms with Gasteiger partial charge in [-0.25, -0.2) is 4.79 Å². The van der Waals surface area contributed by atoms with Crippen molar-refractivity contribution in [1.29, 1.82) is 0 Å². The van der Waals surface area contributed by atoms with Gasteiger partial charge in [0.1, 0.15) is 12.2 Å². The van der Waals surface area contributed by atoms with E-state index < -0.39 is 11.6 Å². The Labute approximate surface area is 172 Å². The largest absolute Gasteiger partial charge is 0.490 e. The first-order valence-electron chi connectivity index (χ1n) is 9.21. The quantitative estimate of drug-likeness (QED) is 0.392. The lowest BCUT2D eigenvalue weighted by Gasteiger charge is -2.11. The van der Waals surface area contributed by atoms with Crippen molar-refractivity contribution in [3.63, 3.8) is 0 Å². The van der Waals surface area contributed by atoms with Gasteiger partial charge in [0.25, 0.3) is 0 Å². The number of aryl methyl sites for hydroxylation is 1. The van der Waals surface area contributed by atoms with Crippen LogP contribution in [-0.2, 0) is 16.1 Å². The molecule has 6 nitrogen and oxygen atoms in total. The second kappa shape index (κ2) is 9.47. The van der Waals surface area contributed by atoms with E-state index in [4.69, 9.17) is 30.2 Å². The van der Waals surface area contributed by atoms with Crippen molar-refractivity contribution in [3.05, 3.63) is 69.0 Å². The molecular formula is C22H21ClO6. The Morgan fingerprint density at radius 2 is 1.83 bits per heavy atom. The van der Waals surface area contributed by atoms with Gasteiger partial charge in [0.05, 0.1) is 19.6 Å². The average Bonchev–Trinajstić information content (AvgIpc) is 2.69. The number of hydrogen-bond acceptors (Lipinski definition) is 6. The fourth-order valence-corrected chi connectivity index (χ4v) is 2.95. The summed E-state index contributed by atoms with van der Waals surface area (Å²) >= 11 is 6.17. The molecular weight excluding hydrogens is 396 g/mol. The van der Waals surface area contributed by atoms with E-state index >= 15 is 0 Å². The van der Waals surface area contributed by atoms with Gasteiger partial charge in [-0.1, -0.05) is 23.7 Å². The molecule has 3 rings (SSSR count). The van der Waals surface area contributed by atoms with Crippen LogP contribution >= 0.6 is 11.6 Å². The van der Waals surface area contributed by atoms with Gasteiger partial charge >= 0.3 is 11.6 Å².